The van der Waals surface area contributed by atoms with Gasteiger partial charge in [0.2, 0.25) is 0 Å². The Morgan fingerprint density at radius 1 is 1.19 bits per heavy atom. The average molecular weight is 321 g/mol. The summed E-state index contributed by atoms with van der Waals surface area (Å²) in [7, 11) is -3.66. The van der Waals surface area contributed by atoms with Crippen LogP contribution in [-0.4, -0.2) is 8.42 Å². The van der Waals surface area contributed by atoms with E-state index in [1.165, 1.54) is 12.1 Å². The fourth-order valence-electron chi connectivity index (χ4n) is 1.82. The van der Waals surface area contributed by atoms with Crippen LogP contribution in [-0.2, 0) is 16.4 Å². The van der Waals surface area contributed by atoms with E-state index in [1.807, 2.05) is 6.07 Å². The number of rotatable bonds is 4. The number of benzene rings is 2. The first-order valence-corrected chi connectivity index (χ1v) is 8.03. The van der Waals surface area contributed by atoms with Gasteiger partial charge < -0.3 is 0 Å². The highest BCUT2D eigenvalue weighted by atomic mass is 35.5. The lowest BCUT2D eigenvalue weighted by Gasteiger charge is -2.11. The lowest BCUT2D eigenvalue weighted by molar-refractivity contribution is 0.601. The molecule has 0 saturated carbocycles. The minimum Gasteiger partial charge on any atom is -0.279 e. The third-order valence-corrected chi connectivity index (χ3v) is 4.57. The molecule has 0 fully saturated rings. The molecule has 0 unspecified atom stereocenters. The number of aryl methyl sites for hydroxylation is 1. The van der Waals surface area contributed by atoms with Crippen molar-refractivity contribution in [1.29, 1.82) is 5.26 Å². The van der Waals surface area contributed by atoms with Crippen molar-refractivity contribution in [2.24, 2.45) is 0 Å². The highest BCUT2D eigenvalue weighted by Crippen LogP contribution is 2.23. The minimum atomic E-state index is -3.66. The van der Waals surface area contributed by atoms with E-state index >= 15 is 0 Å². The number of sulfonamides is 1. The zero-order chi connectivity index (χ0) is 15.5. The second kappa shape index (κ2) is 6.17. The van der Waals surface area contributed by atoms with Crippen molar-refractivity contribution < 1.29 is 8.42 Å². The zero-order valence-electron chi connectivity index (χ0n) is 11.3. The molecule has 2 rings (SSSR count). The van der Waals surface area contributed by atoms with Gasteiger partial charge in [-0.25, -0.2) is 8.42 Å². The van der Waals surface area contributed by atoms with E-state index < -0.39 is 10.0 Å². The van der Waals surface area contributed by atoms with Crippen LogP contribution >= 0.6 is 11.6 Å². The standard InChI is InChI=1S/C15H13ClN2O2S/c1-11-10-13(16)4-7-15(11)18-21(19,20)14-5-2-12(3-6-14)8-9-17/h2-7,10,18H,8H2,1H3. The molecule has 2 aromatic rings. The average Bonchev–Trinajstić information content (AvgIpc) is 2.43. The van der Waals surface area contributed by atoms with Gasteiger partial charge in [-0.1, -0.05) is 23.7 Å². The summed E-state index contributed by atoms with van der Waals surface area (Å²) in [5, 5.41) is 9.16. The molecule has 6 heteroatoms. The summed E-state index contributed by atoms with van der Waals surface area (Å²) >= 11 is 5.85. The summed E-state index contributed by atoms with van der Waals surface area (Å²) in [5.41, 5.74) is 2.01. The molecule has 0 aromatic heterocycles. The van der Waals surface area contributed by atoms with E-state index in [4.69, 9.17) is 16.9 Å². The fraction of sp³-hybridized carbons (Fsp3) is 0.133. The van der Waals surface area contributed by atoms with Gasteiger partial charge in [-0.15, -0.1) is 0 Å². The largest absolute Gasteiger partial charge is 0.279 e. The van der Waals surface area contributed by atoms with Crippen LogP contribution in [0.5, 0.6) is 0 Å². The summed E-state index contributed by atoms with van der Waals surface area (Å²) in [6, 6.07) is 13.2. The number of nitrogens with one attached hydrogen (secondary N) is 1. The Labute approximate surface area is 129 Å². The van der Waals surface area contributed by atoms with Crippen LogP contribution in [0.1, 0.15) is 11.1 Å². The molecule has 0 amide bonds. The van der Waals surface area contributed by atoms with Crippen molar-refractivity contribution in [3.8, 4) is 6.07 Å². The van der Waals surface area contributed by atoms with Crippen molar-refractivity contribution in [3.63, 3.8) is 0 Å². The van der Waals surface area contributed by atoms with Gasteiger partial charge in [0.1, 0.15) is 0 Å². The predicted octanol–water partition coefficient (Wildman–Crippen LogP) is 3.52. The third kappa shape index (κ3) is 3.75. The maximum atomic E-state index is 12.3. The van der Waals surface area contributed by atoms with E-state index in [0.717, 1.165) is 11.1 Å². The van der Waals surface area contributed by atoms with Crippen LogP contribution in [0.25, 0.3) is 0 Å². The van der Waals surface area contributed by atoms with E-state index in [0.29, 0.717) is 10.7 Å². The molecule has 0 atom stereocenters. The highest BCUT2D eigenvalue weighted by molar-refractivity contribution is 7.92. The maximum absolute atomic E-state index is 12.3. The van der Waals surface area contributed by atoms with Gasteiger partial charge >= 0.3 is 0 Å². The first-order chi connectivity index (χ1) is 9.92. The fourth-order valence-corrected chi connectivity index (χ4v) is 3.18. The smallest absolute Gasteiger partial charge is 0.261 e. The van der Waals surface area contributed by atoms with Crippen LogP contribution in [0.4, 0.5) is 5.69 Å². The Morgan fingerprint density at radius 2 is 1.86 bits per heavy atom. The Hall–Kier alpha value is -2.03. The van der Waals surface area contributed by atoms with Gasteiger partial charge in [0, 0.05) is 5.02 Å². The van der Waals surface area contributed by atoms with Gasteiger partial charge in [-0.05, 0) is 48.4 Å². The lowest BCUT2D eigenvalue weighted by atomic mass is 10.2. The monoisotopic (exact) mass is 320 g/mol. The Morgan fingerprint density at radius 3 is 2.43 bits per heavy atom. The van der Waals surface area contributed by atoms with Crippen molar-refractivity contribution in [2.45, 2.75) is 18.2 Å². The van der Waals surface area contributed by atoms with Crippen LogP contribution in [0.3, 0.4) is 0 Å². The number of nitriles is 1. The van der Waals surface area contributed by atoms with Crippen LogP contribution in [0.15, 0.2) is 47.4 Å². The van der Waals surface area contributed by atoms with Crippen molar-refractivity contribution in [2.75, 3.05) is 4.72 Å². The van der Waals surface area contributed by atoms with E-state index in [-0.39, 0.29) is 11.3 Å². The Kier molecular flexibility index (Phi) is 4.51. The van der Waals surface area contributed by atoms with E-state index in [9.17, 15) is 8.42 Å². The number of hydrogen-bond donors (Lipinski definition) is 1. The first kappa shape index (κ1) is 15.4. The number of anilines is 1. The second-order valence-corrected chi connectivity index (χ2v) is 6.66. The summed E-state index contributed by atoms with van der Waals surface area (Å²) in [4.78, 5) is 0.151. The maximum Gasteiger partial charge on any atom is 0.261 e. The molecular formula is C15H13ClN2O2S. The second-order valence-electron chi connectivity index (χ2n) is 4.54. The Balaban J connectivity index is 2.27. The van der Waals surface area contributed by atoms with Gasteiger partial charge in [-0.3, -0.25) is 4.72 Å². The molecule has 0 heterocycles. The number of halogens is 1. The number of hydrogen-bond acceptors (Lipinski definition) is 3. The summed E-state index contributed by atoms with van der Waals surface area (Å²) < 4.78 is 27.1. The van der Waals surface area contributed by atoms with E-state index in [2.05, 4.69) is 4.72 Å². The van der Waals surface area contributed by atoms with Gasteiger partial charge in [0.05, 0.1) is 23.1 Å². The van der Waals surface area contributed by atoms with Gasteiger partial charge in [0.25, 0.3) is 10.0 Å². The molecule has 108 valence electrons. The van der Waals surface area contributed by atoms with Crippen molar-refractivity contribution >= 4 is 27.3 Å². The molecule has 0 spiro atoms. The molecule has 0 bridgehead atoms. The molecule has 1 N–H and O–H groups in total. The van der Waals surface area contributed by atoms with Crippen LogP contribution < -0.4 is 4.72 Å². The number of nitrogens with zero attached hydrogens (tertiary/aromatic N) is 1. The van der Waals surface area contributed by atoms with Crippen molar-refractivity contribution in [3.05, 3.63) is 58.6 Å². The quantitative estimate of drug-likeness (QED) is 0.937. The summed E-state index contributed by atoms with van der Waals surface area (Å²) in [6.45, 7) is 1.78. The summed E-state index contributed by atoms with van der Waals surface area (Å²) in [6.07, 6.45) is 0.254. The van der Waals surface area contributed by atoms with Crippen LogP contribution in [0, 0.1) is 18.3 Å². The molecule has 21 heavy (non-hydrogen) atoms. The van der Waals surface area contributed by atoms with Crippen LogP contribution in [0.2, 0.25) is 5.02 Å². The molecule has 2 aromatic carbocycles. The first-order valence-electron chi connectivity index (χ1n) is 6.17. The van der Waals surface area contributed by atoms with Gasteiger partial charge in [-0.2, -0.15) is 5.26 Å². The molecule has 0 aliphatic rings. The highest BCUT2D eigenvalue weighted by Gasteiger charge is 2.15. The Bertz CT molecular complexity index is 793. The topological polar surface area (TPSA) is 70.0 Å². The third-order valence-electron chi connectivity index (χ3n) is 2.95. The van der Waals surface area contributed by atoms with Gasteiger partial charge in [0.15, 0.2) is 0 Å². The molecule has 0 aliphatic carbocycles. The van der Waals surface area contributed by atoms with Crippen molar-refractivity contribution in [1.82, 2.24) is 0 Å². The SMILES string of the molecule is Cc1cc(Cl)ccc1NS(=O)(=O)c1ccc(CC#N)cc1. The molecule has 0 aliphatic heterocycles. The normalized spacial score (nSPS) is 10.9. The van der Waals surface area contributed by atoms with E-state index in [1.54, 1.807) is 37.3 Å². The summed E-state index contributed by atoms with van der Waals surface area (Å²) in [5.74, 6) is 0. The minimum absolute atomic E-state index is 0.151. The molecule has 0 saturated heterocycles. The molecule has 0 radical (unpaired) electrons. The molecule has 4 nitrogen and oxygen atoms in total. The molecular weight excluding hydrogens is 308 g/mol. The zero-order valence-corrected chi connectivity index (χ0v) is 12.9. The lowest BCUT2D eigenvalue weighted by Crippen LogP contribution is -2.13. The predicted molar refractivity (Wildman–Crippen MR) is 82.8 cm³/mol.